The van der Waals surface area contributed by atoms with Crippen molar-refractivity contribution in [2.24, 2.45) is 0 Å². The summed E-state index contributed by atoms with van der Waals surface area (Å²) in [4.78, 5) is 22.1. The lowest BCUT2D eigenvalue weighted by Gasteiger charge is -2.32. The Labute approximate surface area is 192 Å². The van der Waals surface area contributed by atoms with Crippen LogP contribution in [-0.2, 0) is 6.18 Å². The normalized spacial score (nSPS) is 16.6. The van der Waals surface area contributed by atoms with E-state index >= 15 is 0 Å². The highest BCUT2D eigenvalue weighted by Crippen LogP contribution is 2.30. The molecule has 0 saturated carbocycles. The van der Waals surface area contributed by atoms with Crippen LogP contribution in [-0.4, -0.2) is 45.1 Å². The lowest BCUT2D eigenvalue weighted by Crippen LogP contribution is -2.44. The lowest BCUT2D eigenvalue weighted by molar-refractivity contribution is -0.141. The first-order valence-corrected chi connectivity index (χ1v) is 10.7. The van der Waals surface area contributed by atoms with E-state index in [0.717, 1.165) is 23.2 Å². The van der Waals surface area contributed by atoms with E-state index in [1.54, 1.807) is 23.1 Å². The van der Waals surface area contributed by atoms with E-state index in [9.17, 15) is 18.0 Å². The summed E-state index contributed by atoms with van der Waals surface area (Å²) < 4.78 is 49.9. The van der Waals surface area contributed by atoms with E-state index in [2.05, 4.69) is 15.1 Å². The van der Waals surface area contributed by atoms with Crippen LogP contribution in [0.3, 0.4) is 0 Å². The zero-order valence-electron chi connectivity index (χ0n) is 17.8. The topological polar surface area (TPSA) is 81.4 Å². The molecule has 0 bridgehead atoms. The van der Waals surface area contributed by atoms with E-state index in [1.165, 1.54) is 0 Å². The predicted molar refractivity (Wildman–Crippen MR) is 116 cm³/mol. The first-order chi connectivity index (χ1) is 16.4. The van der Waals surface area contributed by atoms with Crippen LogP contribution in [0.25, 0.3) is 22.2 Å². The van der Waals surface area contributed by atoms with Crippen molar-refractivity contribution in [2.75, 3.05) is 13.1 Å². The minimum absolute atomic E-state index is 0.208. The molecule has 3 heterocycles. The summed E-state index contributed by atoms with van der Waals surface area (Å²) in [5.74, 6) is 0.368. The smallest absolute Gasteiger partial charge is 0.433 e. The van der Waals surface area contributed by atoms with Crippen molar-refractivity contribution >= 4 is 16.8 Å². The van der Waals surface area contributed by atoms with Crippen molar-refractivity contribution < 1.29 is 27.2 Å². The van der Waals surface area contributed by atoms with Crippen molar-refractivity contribution in [3.63, 3.8) is 0 Å². The molecule has 2 aromatic heterocycles. The molecule has 34 heavy (non-hydrogen) atoms. The van der Waals surface area contributed by atoms with Crippen molar-refractivity contribution in [1.82, 2.24) is 20.0 Å². The number of alkyl halides is 3. The van der Waals surface area contributed by atoms with Crippen molar-refractivity contribution in [3.05, 3.63) is 72.1 Å². The zero-order valence-corrected chi connectivity index (χ0v) is 17.8. The Hall–Kier alpha value is -3.95. The highest BCUT2D eigenvalue weighted by Gasteiger charge is 2.33. The third-order valence-corrected chi connectivity index (χ3v) is 5.62. The summed E-state index contributed by atoms with van der Waals surface area (Å²) in [7, 11) is 0. The van der Waals surface area contributed by atoms with Crippen LogP contribution in [0, 0.1) is 0 Å². The van der Waals surface area contributed by atoms with Crippen molar-refractivity contribution in [3.8, 4) is 17.3 Å². The second-order valence-corrected chi connectivity index (χ2v) is 7.97. The molecule has 5 rings (SSSR count). The molecule has 1 unspecified atom stereocenters. The van der Waals surface area contributed by atoms with Gasteiger partial charge in [-0.1, -0.05) is 35.5 Å². The molecule has 174 valence electrons. The number of ether oxygens (including phenoxy) is 1. The predicted octanol–water partition coefficient (Wildman–Crippen LogP) is 4.99. The molecule has 10 heteroatoms. The maximum Gasteiger partial charge on any atom is 0.433 e. The molecule has 1 fully saturated rings. The Balaban J connectivity index is 1.34. The van der Waals surface area contributed by atoms with Gasteiger partial charge in [0.15, 0.2) is 11.5 Å². The van der Waals surface area contributed by atoms with E-state index < -0.39 is 18.0 Å². The van der Waals surface area contributed by atoms with Gasteiger partial charge in [0.25, 0.3) is 5.91 Å². The van der Waals surface area contributed by atoms with E-state index in [0.29, 0.717) is 36.2 Å². The SMILES string of the molecule is O=C(c1ccc2noc(-c3ccccc3)c2c1)N1CCCC(Oc2nccc(C(F)(F)F)n2)C1. The standard InChI is InChI=1S/C24H19F3N4O3/c25-24(26,27)20-10-11-28-23(29-20)33-17-7-4-12-31(14-17)22(32)16-8-9-19-18(13-16)21(34-30-19)15-5-2-1-3-6-15/h1-3,5-6,8-11,13,17H,4,7,12,14H2. The number of hydrogen-bond donors (Lipinski definition) is 0. The Bertz CT molecular complexity index is 1320. The number of carbonyl (C=O) groups is 1. The first-order valence-electron chi connectivity index (χ1n) is 10.7. The molecule has 1 saturated heterocycles. The largest absolute Gasteiger partial charge is 0.458 e. The van der Waals surface area contributed by atoms with Crippen LogP contribution < -0.4 is 4.74 Å². The third kappa shape index (κ3) is 4.43. The number of benzene rings is 2. The average molecular weight is 468 g/mol. The molecule has 0 N–H and O–H groups in total. The van der Waals surface area contributed by atoms with Crippen LogP contribution in [0.15, 0.2) is 65.3 Å². The number of fused-ring (bicyclic) bond motifs is 1. The number of nitrogens with zero attached hydrogens (tertiary/aromatic N) is 4. The van der Waals surface area contributed by atoms with Gasteiger partial charge < -0.3 is 14.2 Å². The molecule has 0 spiro atoms. The molecule has 1 aliphatic rings. The molecular weight excluding hydrogens is 449 g/mol. The monoisotopic (exact) mass is 468 g/mol. The summed E-state index contributed by atoms with van der Waals surface area (Å²) in [5, 5.41) is 4.80. The minimum atomic E-state index is -4.59. The van der Waals surface area contributed by atoms with Gasteiger partial charge in [-0.15, -0.1) is 0 Å². The maximum absolute atomic E-state index is 13.2. The number of piperidine rings is 1. The van der Waals surface area contributed by atoms with E-state index in [4.69, 9.17) is 9.26 Å². The van der Waals surface area contributed by atoms with Crippen molar-refractivity contribution in [2.45, 2.75) is 25.1 Å². The third-order valence-electron chi connectivity index (χ3n) is 5.62. The average Bonchev–Trinajstić information content (AvgIpc) is 3.27. The van der Waals surface area contributed by atoms with Gasteiger partial charge >= 0.3 is 12.2 Å². The van der Waals surface area contributed by atoms with Crippen LogP contribution >= 0.6 is 0 Å². The second-order valence-electron chi connectivity index (χ2n) is 7.97. The summed E-state index contributed by atoms with van der Waals surface area (Å²) in [6.45, 7) is 0.723. The van der Waals surface area contributed by atoms with Gasteiger partial charge in [-0.3, -0.25) is 4.79 Å². The molecule has 1 amide bonds. The highest BCUT2D eigenvalue weighted by molar-refractivity contribution is 6.01. The van der Waals surface area contributed by atoms with Gasteiger partial charge in [-0.25, -0.2) is 4.98 Å². The van der Waals surface area contributed by atoms with Gasteiger partial charge in [-0.2, -0.15) is 18.2 Å². The summed E-state index contributed by atoms with van der Waals surface area (Å²) in [5.41, 5.74) is 0.875. The van der Waals surface area contributed by atoms with E-state index in [-0.39, 0.29) is 18.5 Å². The molecule has 2 aromatic carbocycles. The summed E-state index contributed by atoms with van der Waals surface area (Å²) in [6, 6.07) is 15.1. The lowest BCUT2D eigenvalue weighted by atomic mass is 10.0. The Morgan fingerprint density at radius 2 is 1.94 bits per heavy atom. The molecule has 1 atom stereocenters. The molecule has 1 aliphatic heterocycles. The maximum atomic E-state index is 13.2. The number of aromatic nitrogens is 3. The minimum Gasteiger partial charge on any atom is -0.458 e. The molecule has 0 aliphatic carbocycles. The fraction of sp³-hybridized carbons (Fsp3) is 0.250. The zero-order chi connectivity index (χ0) is 23.7. The van der Waals surface area contributed by atoms with Gasteiger partial charge in [0.05, 0.1) is 11.9 Å². The number of carbonyl (C=O) groups excluding carboxylic acids is 1. The van der Waals surface area contributed by atoms with Crippen molar-refractivity contribution in [1.29, 1.82) is 0 Å². The highest BCUT2D eigenvalue weighted by atomic mass is 19.4. The van der Waals surface area contributed by atoms with Crippen LogP contribution in [0.2, 0.25) is 0 Å². The number of hydrogen-bond acceptors (Lipinski definition) is 6. The van der Waals surface area contributed by atoms with Crippen LogP contribution in [0.5, 0.6) is 6.01 Å². The number of likely N-dealkylation sites (tertiary alicyclic amines) is 1. The number of rotatable bonds is 4. The molecule has 0 radical (unpaired) electrons. The number of amides is 1. The second kappa shape index (κ2) is 8.77. The van der Waals surface area contributed by atoms with Gasteiger partial charge in [0.1, 0.15) is 11.6 Å². The molecule has 4 aromatic rings. The number of halogens is 3. The first kappa shape index (κ1) is 21.9. The fourth-order valence-electron chi connectivity index (χ4n) is 3.98. The Kier molecular flexibility index (Phi) is 5.64. The Morgan fingerprint density at radius 1 is 1.12 bits per heavy atom. The molecular formula is C24H19F3N4O3. The van der Waals surface area contributed by atoms with Gasteiger partial charge in [-0.05, 0) is 37.1 Å². The molecule has 7 nitrogen and oxygen atoms in total. The summed E-state index contributed by atoms with van der Waals surface area (Å²) in [6.07, 6.45) is -2.88. The van der Waals surface area contributed by atoms with Crippen LogP contribution in [0.1, 0.15) is 28.9 Å². The summed E-state index contributed by atoms with van der Waals surface area (Å²) >= 11 is 0. The van der Waals surface area contributed by atoms with E-state index in [1.807, 2.05) is 30.3 Å². The fourth-order valence-corrected chi connectivity index (χ4v) is 3.98. The Morgan fingerprint density at radius 3 is 2.74 bits per heavy atom. The van der Waals surface area contributed by atoms with Gasteiger partial charge in [0, 0.05) is 23.9 Å². The van der Waals surface area contributed by atoms with Crippen LogP contribution in [0.4, 0.5) is 13.2 Å². The quantitative estimate of drug-likeness (QED) is 0.420. The van der Waals surface area contributed by atoms with Gasteiger partial charge in [0.2, 0.25) is 0 Å².